The number of carbonyl (C=O) groups excluding carboxylic acids is 1. The van der Waals surface area contributed by atoms with Crippen molar-refractivity contribution in [3.8, 4) is 0 Å². The molecule has 0 fully saturated rings. The molecule has 3 rings (SSSR count). The zero-order valence-electron chi connectivity index (χ0n) is 12.0. The highest BCUT2D eigenvalue weighted by Gasteiger charge is 2.33. The molecule has 1 amide bonds. The lowest BCUT2D eigenvalue weighted by atomic mass is 10.0. The van der Waals surface area contributed by atoms with Gasteiger partial charge >= 0.3 is 0 Å². The van der Waals surface area contributed by atoms with Gasteiger partial charge in [0.15, 0.2) is 0 Å². The second-order valence-corrected chi connectivity index (χ2v) is 5.33. The predicted octanol–water partition coefficient (Wildman–Crippen LogP) is 3.22. The molecule has 0 radical (unpaired) electrons. The predicted molar refractivity (Wildman–Crippen MR) is 80.9 cm³/mol. The smallest absolute Gasteiger partial charge is 0.257 e. The minimum Gasteiger partial charge on any atom is -0.350 e. The van der Waals surface area contributed by atoms with Gasteiger partial charge in [-0.3, -0.25) is 4.79 Å². The van der Waals surface area contributed by atoms with Crippen LogP contribution in [-0.4, -0.2) is 24.9 Å². The molecular formula is C17H18N2O. The number of rotatable bonds is 1. The van der Waals surface area contributed by atoms with Crippen LogP contribution in [-0.2, 0) is 0 Å². The molecule has 0 aliphatic carbocycles. The lowest BCUT2D eigenvalue weighted by molar-refractivity contribution is 0.0711. The molecule has 3 heteroatoms. The van der Waals surface area contributed by atoms with E-state index < -0.39 is 0 Å². The second kappa shape index (κ2) is 4.67. The third-order valence-electron chi connectivity index (χ3n) is 3.94. The van der Waals surface area contributed by atoms with Crippen LogP contribution in [0.15, 0.2) is 48.5 Å². The first kappa shape index (κ1) is 12.7. The Hall–Kier alpha value is -2.29. The molecular weight excluding hydrogens is 248 g/mol. The summed E-state index contributed by atoms with van der Waals surface area (Å²) in [7, 11) is 3.89. The first-order valence-corrected chi connectivity index (χ1v) is 6.75. The Bertz CT molecular complexity index is 648. The average molecular weight is 266 g/mol. The summed E-state index contributed by atoms with van der Waals surface area (Å²) in [5.41, 5.74) is 4.10. The van der Waals surface area contributed by atoms with Gasteiger partial charge in [0.1, 0.15) is 6.17 Å². The Morgan fingerprint density at radius 3 is 2.25 bits per heavy atom. The zero-order valence-corrected chi connectivity index (χ0v) is 12.0. The Balaban J connectivity index is 2.09. The van der Waals surface area contributed by atoms with Crippen LogP contribution in [0.3, 0.4) is 0 Å². The molecule has 1 heterocycles. The summed E-state index contributed by atoms with van der Waals surface area (Å²) in [5, 5.41) is 0. The van der Waals surface area contributed by atoms with Crippen molar-refractivity contribution in [1.29, 1.82) is 0 Å². The second-order valence-electron chi connectivity index (χ2n) is 5.33. The molecule has 20 heavy (non-hydrogen) atoms. The quantitative estimate of drug-likeness (QED) is 0.791. The number of aryl methyl sites for hydroxylation is 1. The largest absolute Gasteiger partial charge is 0.350 e. The summed E-state index contributed by atoms with van der Waals surface area (Å²) >= 11 is 0. The molecule has 0 N–H and O–H groups in total. The van der Waals surface area contributed by atoms with Gasteiger partial charge in [0, 0.05) is 14.1 Å². The van der Waals surface area contributed by atoms with Crippen LogP contribution in [0.2, 0.25) is 0 Å². The van der Waals surface area contributed by atoms with E-state index >= 15 is 0 Å². The highest BCUT2D eigenvalue weighted by molar-refractivity contribution is 6.01. The van der Waals surface area contributed by atoms with Crippen LogP contribution in [0.4, 0.5) is 5.69 Å². The molecule has 0 aromatic heterocycles. The molecule has 0 saturated carbocycles. The van der Waals surface area contributed by atoms with Gasteiger partial charge in [-0.1, -0.05) is 42.0 Å². The van der Waals surface area contributed by atoms with Gasteiger partial charge in [0.2, 0.25) is 0 Å². The third-order valence-corrected chi connectivity index (χ3v) is 3.94. The van der Waals surface area contributed by atoms with Crippen molar-refractivity contribution in [1.82, 2.24) is 4.90 Å². The van der Waals surface area contributed by atoms with E-state index in [4.69, 9.17) is 0 Å². The number of hydrogen-bond donors (Lipinski definition) is 0. The van der Waals surface area contributed by atoms with Crippen molar-refractivity contribution in [2.24, 2.45) is 0 Å². The molecule has 1 atom stereocenters. The number of hydrogen-bond acceptors (Lipinski definition) is 2. The summed E-state index contributed by atoms with van der Waals surface area (Å²) in [5.74, 6) is 0.0734. The number of anilines is 1. The Morgan fingerprint density at radius 2 is 1.55 bits per heavy atom. The normalized spacial score (nSPS) is 18.1. The fraction of sp³-hybridized carbons (Fsp3) is 0.235. The van der Waals surface area contributed by atoms with E-state index in [1.165, 1.54) is 5.56 Å². The molecule has 3 nitrogen and oxygen atoms in total. The van der Waals surface area contributed by atoms with Crippen LogP contribution in [0, 0.1) is 6.92 Å². The summed E-state index contributed by atoms with van der Waals surface area (Å²) in [6, 6.07) is 16.1. The summed E-state index contributed by atoms with van der Waals surface area (Å²) in [6.45, 7) is 2.07. The molecule has 102 valence electrons. The molecule has 2 aromatic carbocycles. The van der Waals surface area contributed by atoms with Gasteiger partial charge in [-0.25, -0.2) is 0 Å². The fourth-order valence-electron chi connectivity index (χ4n) is 2.84. The van der Waals surface area contributed by atoms with E-state index in [1.807, 2.05) is 38.4 Å². The first-order valence-electron chi connectivity index (χ1n) is 6.75. The number of para-hydroxylation sites is 1. The highest BCUT2D eigenvalue weighted by atomic mass is 16.2. The van der Waals surface area contributed by atoms with Gasteiger partial charge in [-0.2, -0.15) is 0 Å². The van der Waals surface area contributed by atoms with Crippen LogP contribution in [0.25, 0.3) is 0 Å². The maximum atomic E-state index is 12.5. The van der Waals surface area contributed by atoms with Gasteiger partial charge in [-0.15, -0.1) is 0 Å². The van der Waals surface area contributed by atoms with Gasteiger partial charge in [0.25, 0.3) is 5.91 Å². The van der Waals surface area contributed by atoms with E-state index in [0.717, 1.165) is 16.8 Å². The van der Waals surface area contributed by atoms with Crippen molar-refractivity contribution >= 4 is 11.6 Å². The SMILES string of the molecule is Cc1ccc([C@@H]2N(C)C(=O)c3ccccc3N2C)cc1. The number of amides is 1. The Kier molecular flexibility index (Phi) is 2.97. The summed E-state index contributed by atoms with van der Waals surface area (Å²) in [4.78, 5) is 16.5. The van der Waals surface area contributed by atoms with Crippen molar-refractivity contribution in [3.05, 3.63) is 65.2 Å². The maximum absolute atomic E-state index is 12.5. The third kappa shape index (κ3) is 1.86. The van der Waals surface area contributed by atoms with Crippen molar-refractivity contribution < 1.29 is 4.79 Å². The number of nitrogens with zero attached hydrogens (tertiary/aromatic N) is 2. The van der Waals surface area contributed by atoms with Crippen LogP contribution >= 0.6 is 0 Å². The summed E-state index contributed by atoms with van der Waals surface area (Å²) in [6.07, 6.45) is -0.0574. The molecule has 2 aromatic rings. The number of fused-ring (bicyclic) bond motifs is 1. The van der Waals surface area contributed by atoms with E-state index in [9.17, 15) is 4.79 Å². The molecule has 0 unspecified atom stereocenters. The van der Waals surface area contributed by atoms with Gasteiger partial charge < -0.3 is 9.80 Å². The monoisotopic (exact) mass is 266 g/mol. The molecule has 1 aliphatic rings. The lowest BCUT2D eigenvalue weighted by Gasteiger charge is -2.42. The standard InChI is InChI=1S/C17H18N2O/c1-12-8-10-13(11-9-12)16-18(2)15-7-5-4-6-14(15)17(20)19(16)3/h4-11,16H,1-3H3/t16-/m0/s1. The van der Waals surface area contributed by atoms with E-state index in [-0.39, 0.29) is 12.1 Å². The van der Waals surface area contributed by atoms with Crippen molar-refractivity contribution in [2.45, 2.75) is 13.1 Å². The Morgan fingerprint density at radius 1 is 0.900 bits per heavy atom. The van der Waals surface area contributed by atoms with E-state index in [2.05, 4.69) is 36.1 Å². The first-order chi connectivity index (χ1) is 9.59. The van der Waals surface area contributed by atoms with Crippen LogP contribution in [0.5, 0.6) is 0 Å². The number of carbonyl (C=O) groups is 1. The van der Waals surface area contributed by atoms with Crippen LogP contribution < -0.4 is 4.90 Å². The van der Waals surface area contributed by atoms with E-state index in [1.54, 1.807) is 4.90 Å². The Labute approximate surface area is 119 Å². The minimum atomic E-state index is -0.0574. The molecule has 1 aliphatic heterocycles. The van der Waals surface area contributed by atoms with E-state index in [0.29, 0.717) is 0 Å². The molecule has 0 spiro atoms. The average Bonchev–Trinajstić information content (AvgIpc) is 2.47. The molecule has 0 saturated heterocycles. The summed E-state index contributed by atoms with van der Waals surface area (Å²) < 4.78 is 0. The van der Waals surface area contributed by atoms with Crippen molar-refractivity contribution in [3.63, 3.8) is 0 Å². The van der Waals surface area contributed by atoms with Crippen molar-refractivity contribution in [2.75, 3.05) is 19.0 Å². The van der Waals surface area contributed by atoms with Gasteiger partial charge in [0.05, 0.1) is 11.3 Å². The highest BCUT2D eigenvalue weighted by Crippen LogP contribution is 2.36. The minimum absolute atomic E-state index is 0.0574. The van der Waals surface area contributed by atoms with Crippen LogP contribution in [0.1, 0.15) is 27.7 Å². The lowest BCUT2D eigenvalue weighted by Crippen LogP contribution is -2.45. The topological polar surface area (TPSA) is 23.6 Å². The fourth-order valence-corrected chi connectivity index (χ4v) is 2.84. The van der Waals surface area contributed by atoms with Gasteiger partial charge in [-0.05, 0) is 24.6 Å². The molecule has 0 bridgehead atoms. The maximum Gasteiger partial charge on any atom is 0.257 e. The zero-order chi connectivity index (χ0) is 14.3. The number of benzene rings is 2.